The summed E-state index contributed by atoms with van der Waals surface area (Å²) < 4.78 is 0. The number of hydrogen-bond donors (Lipinski definition) is 2. The lowest BCUT2D eigenvalue weighted by Gasteiger charge is -2.04. The van der Waals surface area contributed by atoms with Crippen LogP contribution in [-0.4, -0.2) is 33.5 Å². The smallest absolute Gasteiger partial charge is 0.223 e. The van der Waals surface area contributed by atoms with E-state index in [4.69, 9.17) is 18.0 Å². The zero-order valence-electron chi connectivity index (χ0n) is 8.56. The molecule has 3 N–H and O–H groups in total. The van der Waals surface area contributed by atoms with Crippen LogP contribution in [0.5, 0.6) is 0 Å². The van der Waals surface area contributed by atoms with Gasteiger partial charge in [0.2, 0.25) is 5.95 Å². The van der Waals surface area contributed by atoms with Crippen LogP contribution < -0.4 is 11.1 Å². The first kappa shape index (κ1) is 12.2. The lowest BCUT2D eigenvalue weighted by atomic mass is 10.4. The molecule has 0 atom stereocenters. The predicted octanol–water partition coefficient (Wildman–Crippen LogP) is 1.28. The fraction of sp³-hybridized carbons (Fsp3) is 0.444. The number of hydrogen-bond acceptors (Lipinski definition) is 5. The summed E-state index contributed by atoms with van der Waals surface area (Å²) in [6.07, 6.45) is 4.82. The first-order valence-corrected chi connectivity index (χ1v) is 6.40. The summed E-state index contributed by atoms with van der Waals surface area (Å²) >= 11 is 6.66. The third-order valence-electron chi connectivity index (χ3n) is 1.72. The molecule has 0 spiro atoms. The summed E-state index contributed by atoms with van der Waals surface area (Å²) in [7, 11) is 0. The van der Waals surface area contributed by atoms with Gasteiger partial charge in [0.15, 0.2) is 0 Å². The van der Waals surface area contributed by atoms with Crippen LogP contribution in [0.4, 0.5) is 5.95 Å². The van der Waals surface area contributed by atoms with Crippen LogP contribution >= 0.6 is 24.0 Å². The number of thiocarbonyl (C=S) groups is 1. The van der Waals surface area contributed by atoms with Crippen molar-refractivity contribution in [1.29, 1.82) is 0 Å². The number of nitrogens with zero attached hydrogens (tertiary/aromatic N) is 2. The molecule has 0 radical (unpaired) electrons. The molecule has 82 valence electrons. The van der Waals surface area contributed by atoms with Gasteiger partial charge in [0.25, 0.3) is 0 Å². The van der Waals surface area contributed by atoms with Gasteiger partial charge in [-0.1, -0.05) is 12.2 Å². The topological polar surface area (TPSA) is 63.8 Å². The van der Waals surface area contributed by atoms with Crippen LogP contribution in [0.3, 0.4) is 0 Å². The summed E-state index contributed by atoms with van der Waals surface area (Å²) in [5, 5.41) is 3.12. The SMILES string of the molecule is CSCCCNc1nccc(C(N)=S)n1. The van der Waals surface area contributed by atoms with Crippen molar-refractivity contribution in [2.75, 3.05) is 23.9 Å². The number of nitrogens with two attached hydrogens (primary N) is 1. The Bertz CT molecular complexity index is 330. The third kappa shape index (κ3) is 4.44. The molecular weight excluding hydrogens is 228 g/mol. The van der Waals surface area contributed by atoms with Gasteiger partial charge in [0, 0.05) is 12.7 Å². The Morgan fingerprint density at radius 1 is 1.67 bits per heavy atom. The molecule has 1 aromatic rings. The van der Waals surface area contributed by atoms with E-state index in [-0.39, 0.29) is 0 Å². The normalized spacial score (nSPS) is 9.93. The molecule has 0 amide bonds. The highest BCUT2D eigenvalue weighted by Crippen LogP contribution is 2.01. The van der Waals surface area contributed by atoms with Crippen molar-refractivity contribution >= 4 is 34.9 Å². The second kappa shape index (κ2) is 6.58. The van der Waals surface area contributed by atoms with Gasteiger partial charge in [0.1, 0.15) is 10.7 Å². The van der Waals surface area contributed by atoms with Crippen LogP contribution in [0.2, 0.25) is 0 Å². The minimum atomic E-state index is 0.296. The first-order valence-electron chi connectivity index (χ1n) is 4.59. The monoisotopic (exact) mass is 242 g/mol. The Labute approximate surface area is 99.1 Å². The highest BCUT2D eigenvalue weighted by Gasteiger charge is 2.00. The molecular formula is C9H14N4S2. The van der Waals surface area contributed by atoms with Crippen molar-refractivity contribution in [2.45, 2.75) is 6.42 Å². The Kier molecular flexibility index (Phi) is 5.34. The largest absolute Gasteiger partial charge is 0.388 e. The molecule has 0 bridgehead atoms. The summed E-state index contributed by atoms with van der Waals surface area (Å²) in [5.41, 5.74) is 6.07. The fourth-order valence-corrected chi connectivity index (χ4v) is 1.54. The van der Waals surface area contributed by atoms with E-state index in [9.17, 15) is 0 Å². The van der Waals surface area contributed by atoms with Gasteiger partial charge in [-0.25, -0.2) is 9.97 Å². The molecule has 4 nitrogen and oxygen atoms in total. The van der Waals surface area contributed by atoms with Gasteiger partial charge < -0.3 is 11.1 Å². The van der Waals surface area contributed by atoms with E-state index in [0.29, 0.717) is 16.6 Å². The van der Waals surface area contributed by atoms with E-state index < -0.39 is 0 Å². The van der Waals surface area contributed by atoms with Crippen LogP contribution in [0.1, 0.15) is 12.1 Å². The Balaban J connectivity index is 2.47. The molecule has 0 saturated heterocycles. The van der Waals surface area contributed by atoms with Crippen molar-refractivity contribution in [1.82, 2.24) is 9.97 Å². The van der Waals surface area contributed by atoms with Crippen molar-refractivity contribution in [3.63, 3.8) is 0 Å². The third-order valence-corrected chi connectivity index (χ3v) is 2.62. The van der Waals surface area contributed by atoms with Crippen LogP contribution in [-0.2, 0) is 0 Å². The second-order valence-electron chi connectivity index (χ2n) is 2.90. The highest BCUT2D eigenvalue weighted by molar-refractivity contribution is 7.98. The molecule has 0 aromatic carbocycles. The van der Waals surface area contributed by atoms with Crippen molar-refractivity contribution < 1.29 is 0 Å². The van der Waals surface area contributed by atoms with Crippen molar-refractivity contribution in [2.24, 2.45) is 5.73 Å². The number of nitrogens with one attached hydrogen (secondary N) is 1. The lowest BCUT2D eigenvalue weighted by molar-refractivity contribution is 0.961. The predicted molar refractivity (Wildman–Crippen MR) is 69.4 cm³/mol. The molecule has 0 aliphatic rings. The molecule has 0 fully saturated rings. The zero-order chi connectivity index (χ0) is 11.1. The first-order chi connectivity index (χ1) is 7.24. The van der Waals surface area contributed by atoms with E-state index >= 15 is 0 Å². The number of aromatic nitrogens is 2. The van der Waals surface area contributed by atoms with Gasteiger partial charge in [-0.2, -0.15) is 11.8 Å². The maximum absolute atomic E-state index is 5.47. The quantitative estimate of drug-likeness (QED) is 0.579. The van der Waals surface area contributed by atoms with Crippen molar-refractivity contribution in [3.05, 3.63) is 18.0 Å². The Morgan fingerprint density at radius 3 is 3.13 bits per heavy atom. The van der Waals surface area contributed by atoms with E-state index in [1.54, 1.807) is 12.3 Å². The van der Waals surface area contributed by atoms with Gasteiger partial charge in [0.05, 0.1) is 0 Å². The standard InChI is InChI=1S/C9H14N4S2/c1-15-6-2-4-11-9-12-5-3-7(13-9)8(10)14/h3,5H,2,4,6H2,1H3,(H2,10,14)(H,11,12,13). The molecule has 1 rings (SSSR count). The highest BCUT2D eigenvalue weighted by atomic mass is 32.2. The molecule has 1 heterocycles. The molecule has 0 saturated carbocycles. The average Bonchev–Trinajstić information content (AvgIpc) is 2.25. The Morgan fingerprint density at radius 2 is 2.47 bits per heavy atom. The van der Waals surface area contributed by atoms with Crippen LogP contribution in [0, 0.1) is 0 Å². The molecule has 15 heavy (non-hydrogen) atoms. The summed E-state index contributed by atoms with van der Waals surface area (Å²) in [4.78, 5) is 8.55. The number of anilines is 1. The van der Waals surface area contributed by atoms with Crippen LogP contribution in [0.25, 0.3) is 0 Å². The average molecular weight is 242 g/mol. The second-order valence-corrected chi connectivity index (χ2v) is 4.33. The minimum Gasteiger partial charge on any atom is -0.388 e. The van der Waals surface area contributed by atoms with E-state index in [1.807, 2.05) is 11.8 Å². The number of thioether (sulfide) groups is 1. The van der Waals surface area contributed by atoms with E-state index in [0.717, 1.165) is 18.7 Å². The molecule has 6 heteroatoms. The maximum Gasteiger partial charge on any atom is 0.223 e. The summed E-state index contributed by atoms with van der Waals surface area (Å²) in [6.45, 7) is 0.863. The minimum absolute atomic E-state index is 0.296. The number of rotatable bonds is 6. The summed E-state index contributed by atoms with van der Waals surface area (Å²) in [6, 6.07) is 1.70. The van der Waals surface area contributed by atoms with E-state index in [1.165, 1.54) is 0 Å². The molecule has 0 unspecified atom stereocenters. The zero-order valence-corrected chi connectivity index (χ0v) is 10.2. The van der Waals surface area contributed by atoms with Crippen LogP contribution in [0.15, 0.2) is 12.3 Å². The van der Waals surface area contributed by atoms with Gasteiger partial charge in [-0.05, 0) is 24.5 Å². The molecule has 0 aliphatic carbocycles. The van der Waals surface area contributed by atoms with Gasteiger partial charge in [-0.3, -0.25) is 0 Å². The summed E-state index contributed by atoms with van der Waals surface area (Å²) in [5.74, 6) is 1.71. The fourth-order valence-electron chi connectivity index (χ4n) is 0.998. The maximum atomic E-state index is 5.47. The van der Waals surface area contributed by atoms with Gasteiger partial charge in [-0.15, -0.1) is 0 Å². The van der Waals surface area contributed by atoms with E-state index in [2.05, 4.69) is 21.5 Å². The Hall–Kier alpha value is -0.880. The van der Waals surface area contributed by atoms with Gasteiger partial charge >= 0.3 is 0 Å². The van der Waals surface area contributed by atoms with Crippen molar-refractivity contribution in [3.8, 4) is 0 Å². The molecule has 0 aliphatic heterocycles. The lowest BCUT2D eigenvalue weighted by Crippen LogP contribution is -2.14. The molecule has 1 aromatic heterocycles.